The summed E-state index contributed by atoms with van der Waals surface area (Å²) in [6.07, 6.45) is 4.86. The smallest absolute Gasteiger partial charge is 0.165 e. The summed E-state index contributed by atoms with van der Waals surface area (Å²) in [5.74, 6) is 0.874. The number of rotatable bonds is 10. The van der Waals surface area contributed by atoms with Crippen LogP contribution in [0.4, 0.5) is 10.1 Å². The second-order valence-electron chi connectivity index (χ2n) is 7.58. The highest BCUT2D eigenvalue weighted by molar-refractivity contribution is 5.51. The number of hydrogen-bond acceptors (Lipinski definition) is 4. The summed E-state index contributed by atoms with van der Waals surface area (Å²) in [7, 11) is 1.66. The number of likely N-dealkylation sites (tertiary alicyclic amines) is 1. The second-order valence-corrected chi connectivity index (χ2v) is 7.58. The molecule has 0 aliphatic carbocycles. The molecule has 3 rings (SSSR count). The van der Waals surface area contributed by atoms with Crippen molar-refractivity contribution in [2.75, 3.05) is 44.8 Å². The first kappa shape index (κ1) is 21.4. The fourth-order valence-corrected chi connectivity index (χ4v) is 3.83. The monoisotopic (exact) mass is 400 g/mol. The third-order valence-electron chi connectivity index (χ3n) is 5.49. The van der Waals surface area contributed by atoms with Gasteiger partial charge in [-0.2, -0.15) is 0 Å². The molecule has 0 bridgehead atoms. The van der Waals surface area contributed by atoms with Crippen LogP contribution in [0.3, 0.4) is 0 Å². The number of benzene rings is 2. The van der Waals surface area contributed by atoms with E-state index in [0.29, 0.717) is 18.9 Å². The average Bonchev–Trinajstić information content (AvgIpc) is 2.77. The largest absolute Gasteiger partial charge is 0.497 e. The molecule has 0 N–H and O–H groups in total. The van der Waals surface area contributed by atoms with E-state index in [4.69, 9.17) is 9.47 Å². The summed E-state index contributed by atoms with van der Waals surface area (Å²) in [5.41, 5.74) is 1.98. The van der Waals surface area contributed by atoms with Crippen molar-refractivity contribution in [1.29, 1.82) is 0 Å². The van der Waals surface area contributed by atoms with Crippen LogP contribution in [-0.2, 0) is 6.54 Å². The van der Waals surface area contributed by atoms with Gasteiger partial charge in [0.15, 0.2) is 11.6 Å². The highest BCUT2D eigenvalue weighted by Crippen LogP contribution is 2.24. The van der Waals surface area contributed by atoms with Crippen LogP contribution in [-0.4, -0.2) is 44.8 Å². The number of piperidine rings is 1. The molecule has 1 saturated heterocycles. The number of methoxy groups -OCH3 is 1. The first-order valence-corrected chi connectivity index (χ1v) is 10.7. The molecule has 2 aromatic carbocycles. The Kier molecular flexibility index (Phi) is 8.17. The lowest BCUT2D eigenvalue weighted by Gasteiger charge is -2.26. The molecular formula is C24H33FN2O2. The summed E-state index contributed by atoms with van der Waals surface area (Å²) in [6, 6.07) is 13.2. The Hall–Kier alpha value is -2.27. The zero-order valence-electron chi connectivity index (χ0n) is 17.7. The van der Waals surface area contributed by atoms with E-state index in [9.17, 15) is 4.39 Å². The zero-order valence-corrected chi connectivity index (χ0v) is 17.7. The van der Waals surface area contributed by atoms with E-state index >= 15 is 0 Å². The average molecular weight is 401 g/mol. The third kappa shape index (κ3) is 6.36. The Morgan fingerprint density at radius 2 is 1.90 bits per heavy atom. The van der Waals surface area contributed by atoms with Crippen molar-refractivity contribution in [2.24, 2.45) is 0 Å². The molecule has 0 amide bonds. The fourth-order valence-electron chi connectivity index (χ4n) is 3.83. The van der Waals surface area contributed by atoms with E-state index in [1.165, 1.54) is 32.4 Å². The maximum atomic E-state index is 14.5. The topological polar surface area (TPSA) is 24.9 Å². The molecule has 1 aliphatic heterocycles. The Balaban J connectivity index is 1.52. The number of halogens is 1. The Labute approximate surface area is 174 Å². The van der Waals surface area contributed by atoms with Crippen LogP contribution in [0, 0.1) is 5.82 Å². The molecule has 1 heterocycles. The van der Waals surface area contributed by atoms with Crippen LogP contribution in [0.25, 0.3) is 0 Å². The first-order valence-electron chi connectivity index (χ1n) is 10.7. The van der Waals surface area contributed by atoms with Crippen molar-refractivity contribution in [2.45, 2.75) is 39.2 Å². The van der Waals surface area contributed by atoms with Gasteiger partial charge in [-0.3, -0.25) is 0 Å². The van der Waals surface area contributed by atoms with Crippen LogP contribution in [0.2, 0.25) is 0 Å². The standard InChI is InChI=1S/C24H33FN2O2/c1-3-27(21-9-7-10-22(18-21)28-2)19-20-11-12-24(23(25)17-20)29-16-8-15-26-13-5-4-6-14-26/h7,9-12,17-18H,3-6,8,13-16,19H2,1-2H3. The lowest BCUT2D eigenvalue weighted by atomic mass is 10.1. The maximum absolute atomic E-state index is 14.5. The molecule has 0 spiro atoms. The van der Waals surface area contributed by atoms with E-state index in [1.807, 2.05) is 30.3 Å². The van der Waals surface area contributed by atoms with Crippen LogP contribution >= 0.6 is 0 Å². The van der Waals surface area contributed by atoms with Crippen molar-refractivity contribution in [3.05, 3.63) is 53.8 Å². The van der Waals surface area contributed by atoms with Crippen molar-refractivity contribution in [3.8, 4) is 11.5 Å². The van der Waals surface area contributed by atoms with E-state index < -0.39 is 0 Å². The molecule has 29 heavy (non-hydrogen) atoms. The summed E-state index contributed by atoms with van der Waals surface area (Å²) >= 11 is 0. The molecule has 5 heteroatoms. The predicted molar refractivity (Wildman–Crippen MR) is 117 cm³/mol. The first-order chi connectivity index (χ1) is 14.2. The molecule has 2 aromatic rings. The zero-order chi connectivity index (χ0) is 20.5. The molecule has 158 valence electrons. The molecule has 0 aromatic heterocycles. The molecule has 4 nitrogen and oxygen atoms in total. The van der Waals surface area contributed by atoms with Gasteiger partial charge in [-0.15, -0.1) is 0 Å². The molecular weight excluding hydrogens is 367 g/mol. The third-order valence-corrected chi connectivity index (χ3v) is 5.49. The Bertz CT molecular complexity index is 762. The van der Waals surface area contributed by atoms with E-state index in [2.05, 4.69) is 16.7 Å². The van der Waals surface area contributed by atoms with Gasteiger partial charge in [-0.05, 0) is 69.1 Å². The van der Waals surface area contributed by atoms with Crippen LogP contribution in [0.15, 0.2) is 42.5 Å². The molecule has 0 atom stereocenters. The van der Waals surface area contributed by atoms with E-state index in [-0.39, 0.29) is 5.82 Å². The van der Waals surface area contributed by atoms with Crippen LogP contribution in [0.1, 0.15) is 38.2 Å². The van der Waals surface area contributed by atoms with Crippen molar-refractivity contribution >= 4 is 5.69 Å². The van der Waals surface area contributed by atoms with Gasteiger partial charge >= 0.3 is 0 Å². The maximum Gasteiger partial charge on any atom is 0.165 e. The second kappa shape index (κ2) is 11.1. The Morgan fingerprint density at radius 3 is 2.62 bits per heavy atom. The molecule has 0 unspecified atom stereocenters. The van der Waals surface area contributed by atoms with Crippen molar-refractivity contribution in [3.63, 3.8) is 0 Å². The summed E-state index contributed by atoms with van der Waals surface area (Å²) < 4.78 is 25.5. The van der Waals surface area contributed by atoms with Crippen molar-refractivity contribution in [1.82, 2.24) is 4.90 Å². The van der Waals surface area contributed by atoms with Crippen molar-refractivity contribution < 1.29 is 13.9 Å². The summed E-state index contributed by atoms with van der Waals surface area (Å²) in [4.78, 5) is 4.67. The minimum Gasteiger partial charge on any atom is -0.497 e. The minimum absolute atomic E-state index is 0.290. The van der Waals surface area contributed by atoms with E-state index in [1.54, 1.807) is 19.2 Å². The lowest BCUT2D eigenvalue weighted by molar-refractivity contribution is 0.203. The molecule has 0 radical (unpaired) electrons. The van der Waals surface area contributed by atoms with Gasteiger partial charge < -0.3 is 19.3 Å². The Morgan fingerprint density at radius 1 is 1.07 bits per heavy atom. The van der Waals surface area contributed by atoms with Gasteiger partial charge in [0.2, 0.25) is 0 Å². The minimum atomic E-state index is -0.290. The van der Waals surface area contributed by atoms with Gasteiger partial charge in [0.25, 0.3) is 0 Å². The molecule has 1 fully saturated rings. The summed E-state index contributed by atoms with van der Waals surface area (Å²) in [6.45, 7) is 7.51. The van der Waals surface area contributed by atoms with Gasteiger partial charge in [0.05, 0.1) is 13.7 Å². The normalized spacial score (nSPS) is 14.6. The van der Waals surface area contributed by atoms with Gasteiger partial charge in [-0.25, -0.2) is 4.39 Å². The number of ether oxygens (including phenoxy) is 2. The highest BCUT2D eigenvalue weighted by atomic mass is 19.1. The molecule has 1 aliphatic rings. The van der Waals surface area contributed by atoms with Crippen LogP contribution < -0.4 is 14.4 Å². The SMILES string of the molecule is CCN(Cc1ccc(OCCCN2CCCCC2)c(F)c1)c1cccc(OC)c1. The number of nitrogens with zero attached hydrogens (tertiary/aromatic N) is 2. The quantitative estimate of drug-likeness (QED) is 0.517. The van der Waals surface area contributed by atoms with Gasteiger partial charge in [0.1, 0.15) is 5.75 Å². The van der Waals surface area contributed by atoms with Crippen LogP contribution in [0.5, 0.6) is 11.5 Å². The fraction of sp³-hybridized carbons (Fsp3) is 0.500. The lowest BCUT2D eigenvalue weighted by Crippen LogP contribution is -2.31. The highest BCUT2D eigenvalue weighted by Gasteiger charge is 2.11. The number of hydrogen-bond donors (Lipinski definition) is 0. The summed E-state index contributed by atoms with van der Waals surface area (Å²) in [5, 5.41) is 0. The van der Waals surface area contributed by atoms with Gasteiger partial charge in [0, 0.05) is 31.4 Å². The van der Waals surface area contributed by atoms with Gasteiger partial charge in [-0.1, -0.05) is 18.6 Å². The number of anilines is 1. The van der Waals surface area contributed by atoms with E-state index in [0.717, 1.165) is 36.5 Å². The predicted octanol–water partition coefficient (Wildman–Crippen LogP) is 5.12. The molecule has 0 saturated carbocycles.